The Hall–Kier alpha value is -0.390. The minimum atomic E-state index is -1.26. The molecule has 1 aromatic rings. The molecule has 1 rings (SSSR count). The number of rotatable bonds is 3. The van der Waals surface area contributed by atoms with Gasteiger partial charge in [-0.05, 0) is 44.5 Å². The lowest BCUT2D eigenvalue weighted by molar-refractivity contribution is 0.561. The second-order valence-electron chi connectivity index (χ2n) is 4.59. The summed E-state index contributed by atoms with van der Waals surface area (Å²) in [6.45, 7) is 5.58. The molecule has 0 heterocycles. The zero-order valence-electron chi connectivity index (χ0n) is 10.0. The molecule has 0 amide bonds. The predicted octanol–water partition coefficient (Wildman–Crippen LogP) is 3.66. The number of hydrogen-bond acceptors (Lipinski definition) is 2. The van der Waals surface area contributed by atoms with Crippen molar-refractivity contribution in [1.29, 1.82) is 0 Å². The van der Waals surface area contributed by atoms with Crippen LogP contribution in [-0.2, 0) is 17.8 Å². The monoisotopic (exact) mass is 319 g/mol. The van der Waals surface area contributed by atoms with Crippen LogP contribution < -0.4 is 0 Å². The van der Waals surface area contributed by atoms with Crippen LogP contribution in [0.1, 0.15) is 26.3 Å². The summed E-state index contributed by atoms with van der Waals surface area (Å²) >= 11 is 2.07. The van der Waals surface area contributed by atoms with E-state index in [0.29, 0.717) is 6.42 Å². The summed E-state index contributed by atoms with van der Waals surface area (Å²) < 4.78 is 29.1. The van der Waals surface area contributed by atoms with Crippen molar-refractivity contribution in [2.45, 2.75) is 31.9 Å². The van der Waals surface area contributed by atoms with Crippen LogP contribution >= 0.6 is 15.9 Å². The molecular formula is C12H15BrFNOS. The Morgan fingerprint density at radius 1 is 1.47 bits per heavy atom. The molecule has 0 aliphatic carbocycles. The molecule has 0 aliphatic heterocycles. The highest BCUT2D eigenvalue weighted by Crippen LogP contribution is 2.19. The second kappa shape index (κ2) is 5.98. The van der Waals surface area contributed by atoms with Crippen molar-refractivity contribution in [3.05, 3.63) is 34.1 Å². The van der Waals surface area contributed by atoms with Gasteiger partial charge < -0.3 is 4.55 Å². The number of hydrogen-bond donors (Lipinski definition) is 0. The van der Waals surface area contributed by atoms with E-state index in [1.807, 2.05) is 20.8 Å². The van der Waals surface area contributed by atoms with E-state index in [1.165, 1.54) is 12.1 Å². The van der Waals surface area contributed by atoms with Crippen molar-refractivity contribution in [3.8, 4) is 0 Å². The van der Waals surface area contributed by atoms with Crippen molar-refractivity contribution in [3.63, 3.8) is 0 Å². The van der Waals surface area contributed by atoms with Gasteiger partial charge in [-0.1, -0.05) is 20.3 Å². The maximum atomic E-state index is 13.0. The van der Waals surface area contributed by atoms with Crippen molar-refractivity contribution < 1.29 is 8.94 Å². The van der Waals surface area contributed by atoms with Gasteiger partial charge in [-0.2, -0.15) is 0 Å². The highest BCUT2D eigenvalue weighted by molar-refractivity contribution is 9.10. The second-order valence-corrected chi connectivity index (χ2v) is 7.38. The van der Waals surface area contributed by atoms with Crippen LogP contribution in [0.5, 0.6) is 0 Å². The fourth-order valence-electron chi connectivity index (χ4n) is 1.06. The SMILES string of the molecule is CC(C)(C)[S@@+]([O-])/N=C/Cc1cc(F)ccc1Br. The smallest absolute Gasteiger partial charge is 0.144 e. The molecule has 0 aliphatic rings. The minimum Gasteiger partial charge on any atom is -0.591 e. The molecule has 0 saturated carbocycles. The van der Waals surface area contributed by atoms with Gasteiger partial charge in [0.25, 0.3) is 0 Å². The van der Waals surface area contributed by atoms with Crippen molar-refractivity contribution in [2.75, 3.05) is 0 Å². The third kappa shape index (κ3) is 4.77. The first kappa shape index (κ1) is 14.7. The summed E-state index contributed by atoms with van der Waals surface area (Å²) in [6.07, 6.45) is 2.03. The molecule has 0 N–H and O–H groups in total. The maximum Gasteiger partial charge on any atom is 0.144 e. The van der Waals surface area contributed by atoms with Crippen molar-refractivity contribution >= 4 is 33.5 Å². The average molecular weight is 320 g/mol. The molecule has 0 fully saturated rings. The number of nitrogens with zero attached hydrogens (tertiary/aromatic N) is 1. The molecule has 0 bridgehead atoms. The number of halogens is 2. The lowest BCUT2D eigenvalue weighted by atomic mass is 10.2. The molecular weight excluding hydrogens is 305 g/mol. The van der Waals surface area contributed by atoms with Crippen LogP contribution in [-0.4, -0.2) is 15.5 Å². The van der Waals surface area contributed by atoms with Crippen LogP contribution in [0.3, 0.4) is 0 Å². The van der Waals surface area contributed by atoms with Gasteiger partial charge in [-0.25, -0.2) is 4.39 Å². The van der Waals surface area contributed by atoms with E-state index in [2.05, 4.69) is 20.3 Å². The highest BCUT2D eigenvalue weighted by Gasteiger charge is 2.25. The van der Waals surface area contributed by atoms with Crippen molar-refractivity contribution in [1.82, 2.24) is 0 Å². The Balaban J connectivity index is 2.67. The normalized spacial score (nSPS) is 14.2. The van der Waals surface area contributed by atoms with Gasteiger partial charge in [0.2, 0.25) is 0 Å². The Morgan fingerprint density at radius 2 is 2.12 bits per heavy atom. The molecule has 0 radical (unpaired) electrons. The zero-order valence-corrected chi connectivity index (χ0v) is 12.4. The first-order chi connectivity index (χ1) is 7.80. The van der Waals surface area contributed by atoms with E-state index in [4.69, 9.17) is 0 Å². The molecule has 0 unspecified atom stereocenters. The molecule has 17 heavy (non-hydrogen) atoms. The molecule has 1 atom stereocenters. The third-order valence-corrected chi connectivity index (χ3v) is 4.17. The van der Waals surface area contributed by atoms with Crippen LogP contribution in [0, 0.1) is 5.82 Å². The molecule has 5 heteroatoms. The summed E-state index contributed by atoms with van der Waals surface area (Å²) in [4.78, 5) is 0. The summed E-state index contributed by atoms with van der Waals surface area (Å²) in [7, 11) is 0. The topological polar surface area (TPSA) is 35.4 Å². The largest absolute Gasteiger partial charge is 0.591 e. The van der Waals surface area contributed by atoms with E-state index in [-0.39, 0.29) is 10.6 Å². The van der Waals surface area contributed by atoms with Gasteiger partial charge in [-0.15, -0.1) is 0 Å². The summed E-state index contributed by atoms with van der Waals surface area (Å²) in [5.41, 5.74) is 0.791. The van der Waals surface area contributed by atoms with Gasteiger partial charge in [0.05, 0.1) is 6.21 Å². The third-order valence-electron chi connectivity index (χ3n) is 2.01. The maximum absolute atomic E-state index is 13.0. The minimum absolute atomic E-state index is 0.284. The molecule has 1 aromatic carbocycles. The van der Waals surface area contributed by atoms with E-state index >= 15 is 0 Å². The Labute approximate surface area is 113 Å². The van der Waals surface area contributed by atoms with Crippen LogP contribution in [0.2, 0.25) is 0 Å². The van der Waals surface area contributed by atoms with Gasteiger partial charge in [-0.3, -0.25) is 0 Å². The summed E-state index contributed by atoms with van der Waals surface area (Å²) in [5, 5.41) is 0. The molecule has 0 aromatic heterocycles. The summed E-state index contributed by atoms with van der Waals surface area (Å²) in [5.74, 6) is -0.284. The van der Waals surface area contributed by atoms with Gasteiger partial charge in [0, 0.05) is 10.9 Å². The van der Waals surface area contributed by atoms with Gasteiger partial charge >= 0.3 is 0 Å². The number of benzene rings is 1. The zero-order chi connectivity index (χ0) is 13.1. The average Bonchev–Trinajstić information content (AvgIpc) is 2.21. The molecule has 0 saturated heterocycles. The Morgan fingerprint density at radius 3 is 2.71 bits per heavy atom. The van der Waals surface area contributed by atoms with Gasteiger partial charge in [0.1, 0.15) is 21.9 Å². The standard InChI is InChI=1S/C12H15BrFNOS/c1-12(2,3)17(16)15-7-6-9-8-10(14)4-5-11(9)13/h4-5,7-8H,6H2,1-3H3/b15-7+/t17-/m1/s1. The Kier molecular flexibility index (Phi) is 5.16. The highest BCUT2D eigenvalue weighted by atomic mass is 79.9. The van der Waals surface area contributed by atoms with Crippen molar-refractivity contribution in [2.24, 2.45) is 4.40 Å². The van der Waals surface area contributed by atoms with E-state index in [1.54, 1.807) is 12.3 Å². The summed E-state index contributed by atoms with van der Waals surface area (Å²) in [6, 6.07) is 4.48. The fourth-order valence-corrected chi connectivity index (χ4v) is 2.00. The van der Waals surface area contributed by atoms with E-state index in [9.17, 15) is 8.94 Å². The predicted molar refractivity (Wildman–Crippen MR) is 74.2 cm³/mol. The van der Waals surface area contributed by atoms with Gasteiger partial charge in [0.15, 0.2) is 0 Å². The van der Waals surface area contributed by atoms with E-state index in [0.717, 1.165) is 10.0 Å². The molecule has 2 nitrogen and oxygen atoms in total. The first-order valence-corrected chi connectivity index (χ1v) is 7.09. The first-order valence-electron chi connectivity index (χ1n) is 5.19. The molecule has 94 valence electrons. The lowest BCUT2D eigenvalue weighted by Crippen LogP contribution is -2.25. The van der Waals surface area contributed by atoms with Crippen LogP contribution in [0.4, 0.5) is 4.39 Å². The van der Waals surface area contributed by atoms with Crippen LogP contribution in [0.15, 0.2) is 27.1 Å². The van der Waals surface area contributed by atoms with E-state index < -0.39 is 11.4 Å². The lowest BCUT2D eigenvalue weighted by Gasteiger charge is -2.17. The Bertz CT molecular complexity index is 417. The van der Waals surface area contributed by atoms with Crippen LogP contribution in [0.25, 0.3) is 0 Å². The fraction of sp³-hybridized carbons (Fsp3) is 0.417. The molecule has 0 spiro atoms. The quantitative estimate of drug-likeness (QED) is 0.618.